The van der Waals surface area contributed by atoms with Crippen molar-refractivity contribution in [2.24, 2.45) is 0 Å². The molecule has 108 valence electrons. The zero-order valence-electron chi connectivity index (χ0n) is 10.6. The highest BCUT2D eigenvalue weighted by Gasteiger charge is 2.17. The van der Waals surface area contributed by atoms with Gasteiger partial charge in [-0.25, -0.2) is 14.2 Å². The average molecular weight is 291 g/mol. The first-order valence-corrected chi connectivity index (χ1v) is 5.83. The summed E-state index contributed by atoms with van der Waals surface area (Å²) in [5.74, 6) is -1.77. The van der Waals surface area contributed by atoms with Crippen LogP contribution in [-0.2, 0) is 6.54 Å². The fraction of sp³-hybridized carbons (Fsp3) is 0.0769. The maximum atomic E-state index is 13.0. The molecule has 0 aliphatic rings. The molecule has 1 aromatic heterocycles. The third-order valence-electron chi connectivity index (χ3n) is 2.66. The molecule has 2 aromatic rings. The number of carboxylic acids is 1. The molecule has 0 radical (unpaired) electrons. The lowest BCUT2D eigenvalue weighted by atomic mass is 10.2. The Bertz CT molecular complexity index is 706. The summed E-state index contributed by atoms with van der Waals surface area (Å²) in [5.41, 5.74) is -0.143. The molecule has 0 saturated heterocycles. The molecule has 0 amide bonds. The van der Waals surface area contributed by atoms with Crippen LogP contribution < -0.4 is 5.32 Å². The van der Waals surface area contributed by atoms with Crippen LogP contribution in [0, 0.1) is 15.9 Å². The standard InChI is InChI=1S/C13H10FN3O4/c14-9-3-1-2-8(4-9)6-15-12-11(13(18)19)5-10(7-16-12)17(20)21/h1-5,7H,6H2,(H,15,16)(H,18,19). The summed E-state index contributed by atoms with van der Waals surface area (Å²) < 4.78 is 13.0. The van der Waals surface area contributed by atoms with E-state index in [0.29, 0.717) is 5.56 Å². The van der Waals surface area contributed by atoms with Gasteiger partial charge < -0.3 is 10.4 Å². The fourth-order valence-electron chi connectivity index (χ4n) is 1.69. The lowest BCUT2D eigenvalue weighted by molar-refractivity contribution is -0.385. The molecule has 1 aromatic carbocycles. The minimum absolute atomic E-state index is 0.0163. The third kappa shape index (κ3) is 3.50. The molecule has 2 N–H and O–H groups in total. The maximum Gasteiger partial charge on any atom is 0.339 e. The van der Waals surface area contributed by atoms with Gasteiger partial charge in [-0.1, -0.05) is 12.1 Å². The summed E-state index contributed by atoms with van der Waals surface area (Å²) >= 11 is 0. The van der Waals surface area contributed by atoms with Crippen LogP contribution in [0.5, 0.6) is 0 Å². The minimum Gasteiger partial charge on any atom is -0.478 e. The lowest BCUT2D eigenvalue weighted by Crippen LogP contribution is -2.09. The van der Waals surface area contributed by atoms with Gasteiger partial charge in [-0.15, -0.1) is 0 Å². The molecule has 1 heterocycles. The van der Waals surface area contributed by atoms with E-state index in [-0.39, 0.29) is 17.9 Å². The number of nitrogens with one attached hydrogen (secondary N) is 1. The van der Waals surface area contributed by atoms with E-state index in [1.165, 1.54) is 18.2 Å². The summed E-state index contributed by atoms with van der Waals surface area (Å²) in [6, 6.07) is 6.67. The number of carbonyl (C=O) groups is 1. The normalized spacial score (nSPS) is 10.1. The molecular formula is C13H10FN3O4. The number of aromatic carboxylic acids is 1. The van der Waals surface area contributed by atoms with E-state index in [1.807, 2.05) is 0 Å². The highest BCUT2D eigenvalue weighted by molar-refractivity contribution is 5.93. The van der Waals surface area contributed by atoms with Gasteiger partial charge in [0.15, 0.2) is 0 Å². The summed E-state index contributed by atoms with van der Waals surface area (Å²) in [6.07, 6.45) is 0.959. The van der Waals surface area contributed by atoms with Crippen LogP contribution in [0.15, 0.2) is 36.5 Å². The van der Waals surface area contributed by atoms with Crippen molar-refractivity contribution in [3.8, 4) is 0 Å². The highest BCUT2D eigenvalue weighted by atomic mass is 19.1. The van der Waals surface area contributed by atoms with Crippen LogP contribution in [0.25, 0.3) is 0 Å². The molecule has 21 heavy (non-hydrogen) atoms. The van der Waals surface area contributed by atoms with E-state index in [4.69, 9.17) is 5.11 Å². The third-order valence-corrected chi connectivity index (χ3v) is 2.66. The van der Waals surface area contributed by atoms with E-state index in [2.05, 4.69) is 10.3 Å². The van der Waals surface area contributed by atoms with Crippen LogP contribution in [0.4, 0.5) is 15.9 Å². The monoisotopic (exact) mass is 291 g/mol. The second-order valence-corrected chi connectivity index (χ2v) is 4.14. The van der Waals surface area contributed by atoms with Crippen LogP contribution in [-0.4, -0.2) is 21.0 Å². The van der Waals surface area contributed by atoms with E-state index in [1.54, 1.807) is 6.07 Å². The Kier molecular flexibility index (Phi) is 4.07. The molecular weight excluding hydrogens is 281 g/mol. The number of carboxylic acid groups (broad SMARTS) is 1. The number of nitrogens with zero attached hydrogens (tertiary/aromatic N) is 2. The predicted molar refractivity (Wildman–Crippen MR) is 71.6 cm³/mol. The molecule has 8 heteroatoms. The maximum absolute atomic E-state index is 13.0. The topological polar surface area (TPSA) is 105 Å². The van der Waals surface area contributed by atoms with E-state index in [0.717, 1.165) is 12.3 Å². The van der Waals surface area contributed by atoms with Crippen molar-refractivity contribution >= 4 is 17.5 Å². The van der Waals surface area contributed by atoms with Gasteiger partial charge in [-0.05, 0) is 17.7 Å². The Morgan fingerprint density at radius 2 is 2.19 bits per heavy atom. The fourth-order valence-corrected chi connectivity index (χ4v) is 1.69. The van der Waals surface area contributed by atoms with Gasteiger partial charge in [0.05, 0.1) is 4.92 Å². The Balaban J connectivity index is 2.23. The van der Waals surface area contributed by atoms with Gasteiger partial charge in [0, 0.05) is 12.6 Å². The number of pyridine rings is 1. The summed E-state index contributed by atoms with van der Waals surface area (Å²) in [7, 11) is 0. The SMILES string of the molecule is O=C(O)c1cc([N+](=O)[O-])cnc1NCc1cccc(F)c1. The molecule has 0 fully saturated rings. The number of hydrogen-bond donors (Lipinski definition) is 2. The van der Waals surface area contributed by atoms with E-state index >= 15 is 0 Å². The van der Waals surface area contributed by atoms with Crippen LogP contribution >= 0.6 is 0 Å². The zero-order chi connectivity index (χ0) is 15.4. The van der Waals surface area contributed by atoms with Crippen LogP contribution in [0.1, 0.15) is 15.9 Å². The zero-order valence-corrected chi connectivity index (χ0v) is 10.6. The van der Waals surface area contributed by atoms with Gasteiger partial charge in [0.2, 0.25) is 0 Å². The van der Waals surface area contributed by atoms with Crippen molar-refractivity contribution < 1.29 is 19.2 Å². The summed E-state index contributed by atoms with van der Waals surface area (Å²) in [6.45, 7) is 0.142. The molecule has 0 bridgehead atoms. The number of rotatable bonds is 5. The van der Waals surface area contributed by atoms with Gasteiger partial charge >= 0.3 is 5.97 Å². The molecule has 0 spiro atoms. The van der Waals surface area contributed by atoms with Crippen molar-refractivity contribution in [3.63, 3.8) is 0 Å². The summed E-state index contributed by atoms with van der Waals surface area (Å²) in [5, 5.41) is 22.4. The number of hydrogen-bond acceptors (Lipinski definition) is 5. The predicted octanol–water partition coefficient (Wildman–Crippen LogP) is 2.44. The first-order valence-electron chi connectivity index (χ1n) is 5.83. The number of aromatic nitrogens is 1. The van der Waals surface area contributed by atoms with Gasteiger partial charge in [-0.3, -0.25) is 10.1 Å². The highest BCUT2D eigenvalue weighted by Crippen LogP contribution is 2.19. The Morgan fingerprint density at radius 1 is 1.43 bits per heavy atom. The molecule has 2 rings (SSSR count). The second kappa shape index (κ2) is 5.95. The number of anilines is 1. The molecule has 0 saturated carbocycles. The van der Waals surface area contributed by atoms with Gasteiger partial charge in [0.1, 0.15) is 23.4 Å². The smallest absolute Gasteiger partial charge is 0.339 e. The van der Waals surface area contributed by atoms with E-state index < -0.39 is 22.4 Å². The largest absolute Gasteiger partial charge is 0.478 e. The minimum atomic E-state index is -1.34. The molecule has 0 aliphatic carbocycles. The van der Waals surface area contributed by atoms with Crippen molar-refractivity contribution in [1.29, 1.82) is 0 Å². The summed E-state index contributed by atoms with van der Waals surface area (Å²) in [4.78, 5) is 24.7. The molecule has 0 aliphatic heterocycles. The van der Waals surface area contributed by atoms with Crippen LogP contribution in [0.2, 0.25) is 0 Å². The molecule has 0 atom stereocenters. The van der Waals surface area contributed by atoms with Crippen LogP contribution in [0.3, 0.4) is 0 Å². The number of halogens is 1. The Morgan fingerprint density at radius 3 is 2.81 bits per heavy atom. The average Bonchev–Trinajstić information content (AvgIpc) is 2.44. The Hall–Kier alpha value is -3.03. The van der Waals surface area contributed by atoms with Crippen molar-refractivity contribution in [2.45, 2.75) is 6.54 Å². The first kappa shape index (κ1) is 14.4. The van der Waals surface area contributed by atoms with Gasteiger partial charge in [-0.2, -0.15) is 0 Å². The van der Waals surface area contributed by atoms with Crippen molar-refractivity contribution in [1.82, 2.24) is 4.98 Å². The number of nitro groups is 1. The van der Waals surface area contributed by atoms with Gasteiger partial charge in [0.25, 0.3) is 5.69 Å². The lowest BCUT2D eigenvalue weighted by Gasteiger charge is -2.08. The van der Waals surface area contributed by atoms with E-state index in [9.17, 15) is 19.3 Å². The first-order chi connectivity index (χ1) is 9.97. The Labute approximate surface area is 118 Å². The van der Waals surface area contributed by atoms with Crippen molar-refractivity contribution in [2.75, 3.05) is 5.32 Å². The second-order valence-electron chi connectivity index (χ2n) is 4.14. The molecule has 7 nitrogen and oxygen atoms in total. The molecule has 0 unspecified atom stereocenters. The quantitative estimate of drug-likeness (QED) is 0.647. The number of benzene rings is 1. The van der Waals surface area contributed by atoms with Crippen molar-refractivity contribution in [3.05, 3.63) is 63.6 Å².